The van der Waals surface area contributed by atoms with Crippen molar-refractivity contribution in [1.82, 2.24) is 9.97 Å². The minimum Gasteiger partial charge on any atom is -0.504 e. The molecule has 0 saturated carbocycles. The van der Waals surface area contributed by atoms with Crippen molar-refractivity contribution in [3.8, 4) is 22.9 Å². The van der Waals surface area contributed by atoms with Gasteiger partial charge in [0.15, 0.2) is 17.3 Å². The summed E-state index contributed by atoms with van der Waals surface area (Å²) in [6.45, 7) is 6.40. The van der Waals surface area contributed by atoms with Gasteiger partial charge in [-0.2, -0.15) is 0 Å². The van der Waals surface area contributed by atoms with Gasteiger partial charge in [-0.05, 0) is 47.0 Å². The van der Waals surface area contributed by atoms with E-state index in [1.165, 1.54) is 0 Å². The van der Waals surface area contributed by atoms with Crippen LogP contribution >= 0.6 is 27.5 Å². The highest BCUT2D eigenvalue weighted by molar-refractivity contribution is 9.10. The van der Waals surface area contributed by atoms with Crippen LogP contribution < -0.4 is 4.74 Å². The maximum atomic E-state index is 9.76. The number of benzene rings is 1. The molecule has 0 aliphatic rings. The van der Waals surface area contributed by atoms with E-state index in [0.717, 1.165) is 11.3 Å². The molecule has 0 spiro atoms. The summed E-state index contributed by atoms with van der Waals surface area (Å²) in [6, 6.07) is 5.01. The topological polar surface area (TPSA) is 55.2 Å². The fourth-order valence-corrected chi connectivity index (χ4v) is 2.68. The number of hydrogen-bond donors (Lipinski definition) is 1. The van der Waals surface area contributed by atoms with E-state index in [2.05, 4.69) is 25.9 Å². The number of ether oxygens (including phenoxy) is 1. The number of nitrogens with zero attached hydrogens (tertiary/aromatic N) is 2. The first-order valence-corrected chi connectivity index (χ1v) is 7.80. The fourth-order valence-electron chi connectivity index (χ4n) is 1.87. The molecule has 0 radical (unpaired) electrons. The number of aromatic nitrogens is 2. The highest BCUT2D eigenvalue weighted by Crippen LogP contribution is 2.34. The Morgan fingerprint density at radius 2 is 2.05 bits per heavy atom. The summed E-state index contributed by atoms with van der Waals surface area (Å²) < 4.78 is 6.10. The minimum absolute atomic E-state index is 0.0906. The van der Waals surface area contributed by atoms with Crippen molar-refractivity contribution in [2.45, 2.75) is 26.7 Å². The summed E-state index contributed by atoms with van der Waals surface area (Å²) in [7, 11) is 0. The Morgan fingerprint density at radius 1 is 1.33 bits per heavy atom. The molecule has 0 atom stereocenters. The summed E-state index contributed by atoms with van der Waals surface area (Å²) in [5.41, 5.74) is 1.59. The molecule has 4 nitrogen and oxygen atoms in total. The zero-order valence-electron chi connectivity index (χ0n) is 12.0. The average molecular weight is 372 g/mol. The molecule has 0 unspecified atom stereocenters. The Labute approximate surface area is 137 Å². The zero-order valence-corrected chi connectivity index (χ0v) is 14.4. The second-order valence-corrected chi connectivity index (χ2v) is 5.96. The molecule has 6 heteroatoms. The van der Waals surface area contributed by atoms with Crippen LogP contribution in [0.1, 0.15) is 32.4 Å². The Kier molecular flexibility index (Phi) is 5.06. The molecule has 2 aromatic rings. The first-order chi connectivity index (χ1) is 9.93. The number of phenolic OH excluding ortho intramolecular Hbond substituents is 1. The molecule has 0 aliphatic heterocycles. The molecule has 0 saturated heterocycles. The molecule has 21 heavy (non-hydrogen) atoms. The summed E-state index contributed by atoms with van der Waals surface area (Å²) in [5, 5.41) is 10.1. The van der Waals surface area contributed by atoms with Crippen molar-refractivity contribution >= 4 is 27.5 Å². The number of hydrogen-bond acceptors (Lipinski definition) is 4. The summed E-state index contributed by atoms with van der Waals surface area (Å²) in [4.78, 5) is 8.84. The molecule has 112 valence electrons. The van der Waals surface area contributed by atoms with Crippen LogP contribution in [0.5, 0.6) is 11.5 Å². The fraction of sp³-hybridized carbons (Fsp3) is 0.333. The highest BCUT2D eigenvalue weighted by atomic mass is 79.9. The van der Waals surface area contributed by atoms with Crippen LogP contribution in [0.15, 0.2) is 22.7 Å². The number of halogens is 2. The monoisotopic (exact) mass is 370 g/mol. The van der Waals surface area contributed by atoms with Crippen molar-refractivity contribution in [1.29, 1.82) is 0 Å². The predicted molar refractivity (Wildman–Crippen MR) is 87.1 cm³/mol. The maximum Gasteiger partial charge on any atom is 0.161 e. The van der Waals surface area contributed by atoms with Crippen molar-refractivity contribution < 1.29 is 9.84 Å². The third kappa shape index (κ3) is 3.47. The lowest BCUT2D eigenvalue weighted by Gasteiger charge is -2.12. The number of rotatable bonds is 4. The Hall–Kier alpha value is -1.33. The van der Waals surface area contributed by atoms with Gasteiger partial charge >= 0.3 is 0 Å². The van der Waals surface area contributed by atoms with E-state index in [-0.39, 0.29) is 11.7 Å². The van der Waals surface area contributed by atoms with Crippen molar-refractivity contribution in [3.63, 3.8) is 0 Å². The summed E-state index contributed by atoms with van der Waals surface area (Å²) in [6.07, 6.45) is 0. The minimum atomic E-state index is 0.0906. The van der Waals surface area contributed by atoms with Gasteiger partial charge in [0.25, 0.3) is 0 Å². The van der Waals surface area contributed by atoms with Gasteiger partial charge in [-0.3, -0.25) is 0 Å². The zero-order chi connectivity index (χ0) is 15.6. The number of aromatic hydroxyl groups is 1. The Bertz CT molecular complexity index is 662. The van der Waals surface area contributed by atoms with Gasteiger partial charge in [0, 0.05) is 5.56 Å². The van der Waals surface area contributed by atoms with E-state index in [9.17, 15) is 5.11 Å². The Balaban J connectivity index is 2.54. The predicted octanol–water partition coefficient (Wildman–Crippen LogP) is 4.79. The van der Waals surface area contributed by atoms with Gasteiger partial charge in [0.1, 0.15) is 5.15 Å². The van der Waals surface area contributed by atoms with Crippen LogP contribution in [0.3, 0.4) is 0 Å². The van der Waals surface area contributed by atoms with E-state index in [1.807, 2.05) is 20.8 Å². The molecule has 1 heterocycles. The largest absolute Gasteiger partial charge is 0.504 e. The van der Waals surface area contributed by atoms with Crippen LogP contribution in [0.25, 0.3) is 11.4 Å². The van der Waals surface area contributed by atoms with Crippen LogP contribution in [-0.4, -0.2) is 21.7 Å². The van der Waals surface area contributed by atoms with E-state index < -0.39 is 0 Å². The average Bonchev–Trinajstić information content (AvgIpc) is 2.44. The normalized spacial score (nSPS) is 11.0. The van der Waals surface area contributed by atoms with Gasteiger partial charge in [-0.15, -0.1) is 0 Å². The van der Waals surface area contributed by atoms with Gasteiger partial charge in [0.2, 0.25) is 0 Å². The smallest absolute Gasteiger partial charge is 0.161 e. The van der Waals surface area contributed by atoms with Crippen LogP contribution in [-0.2, 0) is 0 Å². The van der Waals surface area contributed by atoms with E-state index >= 15 is 0 Å². The van der Waals surface area contributed by atoms with Crippen molar-refractivity contribution in [2.24, 2.45) is 0 Å². The lowest BCUT2D eigenvalue weighted by atomic mass is 10.1. The van der Waals surface area contributed by atoms with E-state index in [1.54, 1.807) is 18.2 Å². The van der Waals surface area contributed by atoms with Crippen molar-refractivity contribution in [2.75, 3.05) is 6.61 Å². The standard InChI is InChI=1S/C15H16BrClN2O2/c1-4-21-11-7-9(5-6-10(11)20)15-18-13(8(2)3)12(16)14(17)19-15/h5-8,20H,4H2,1-3H3. The molecule has 0 aliphatic carbocycles. The van der Waals surface area contributed by atoms with Gasteiger partial charge < -0.3 is 9.84 Å². The first kappa shape index (κ1) is 16.0. The Morgan fingerprint density at radius 3 is 2.67 bits per heavy atom. The van der Waals surface area contributed by atoms with E-state index in [0.29, 0.717) is 27.8 Å². The quantitative estimate of drug-likeness (QED) is 0.785. The van der Waals surface area contributed by atoms with Crippen molar-refractivity contribution in [3.05, 3.63) is 33.5 Å². The molecule has 1 aromatic heterocycles. The molecule has 1 N–H and O–H groups in total. The van der Waals surface area contributed by atoms with Gasteiger partial charge in [0.05, 0.1) is 16.8 Å². The molecule has 0 amide bonds. The third-order valence-electron chi connectivity index (χ3n) is 2.90. The highest BCUT2D eigenvalue weighted by Gasteiger charge is 2.15. The third-order valence-corrected chi connectivity index (χ3v) is 4.18. The number of phenols is 1. The lowest BCUT2D eigenvalue weighted by Crippen LogP contribution is -2.01. The van der Waals surface area contributed by atoms with E-state index in [4.69, 9.17) is 16.3 Å². The van der Waals surface area contributed by atoms with Crippen LogP contribution in [0.4, 0.5) is 0 Å². The molecule has 2 rings (SSSR count). The summed E-state index contributed by atoms with van der Waals surface area (Å²) in [5.74, 6) is 1.21. The van der Waals surface area contributed by atoms with Crippen LogP contribution in [0, 0.1) is 0 Å². The van der Waals surface area contributed by atoms with Gasteiger partial charge in [-0.25, -0.2) is 9.97 Å². The lowest BCUT2D eigenvalue weighted by molar-refractivity contribution is 0.318. The molecule has 1 aromatic carbocycles. The first-order valence-electron chi connectivity index (χ1n) is 6.63. The van der Waals surface area contributed by atoms with Crippen LogP contribution in [0.2, 0.25) is 5.15 Å². The molecule has 0 bridgehead atoms. The maximum absolute atomic E-state index is 9.76. The molecular weight excluding hydrogens is 356 g/mol. The molecular formula is C15H16BrClN2O2. The summed E-state index contributed by atoms with van der Waals surface area (Å²) >= 11 is 9.58. The molecule has 0 fully saturated rings. The second kappa shape index (κ2) is 6.62. The van der Waals surface area contributed by atoms with Gasteiger partial charge in [-0.1, -0.05) is 25.4 Å². The SMILES string of the molecule is CCOc1cc(-c2nc(Cl)c(Br)c(C(C)C)n2)ccc1O. The second-order valence-electron chi connectivity index (χ2n) is 4.81.